The van der Waals surface area contributed by atoms with Gasteiger partial charge in [-0.25, -0.2) is 8.42 Å². The number of hydrogen-bond acceptors (Lipinski definition) is 5. The number of nitrogens with zero attached hydrogens (tertiary/aromatic N) is 2. The highest BCUT2D eigenvalue weighted by molar-refractivity contribution is 7.89. The van der Waals surface area contributed by atoms with Crippen molar-refractivity contribution in [2.45, 2.75) is 43.5 Å². The molecule has 1 heterocycles. The Morgan fingerprint density at radius 1 is 1.22 bits per heavy atom. The van der Waals surface area contributed by atoms with E-state index in [2.05, 4.69) is 17.1 Å². The third-order valence-corrected chi connectivity index (χ3v) is 7.59. The molecule has 0 spiro atoms. The summed E-state index contributed by atoms with van der Waals surface area (Å²) in [5, 5.41) is 2.84. The molecule has 1 amide bonds. The first-order chi connectivity index (χ1) is 12.9. The first-order valence-corrected chi connectivity index (χ1v) is 11.2. The highest BCUT2D eigenvalue weighted by Crippen LogP contribution is 2.27. The van der Waals surface area contributed by atoms with Crippen LogP contribution < -0.4 is 11.1 Å². The number of sulfonamides is 1. The average Bonchev–Trinajstić information content (AvgIpc) is 3.06. The van der Waals surface area contributed by atoms with E-state index in [0.29, 0.717) is 25.2 Å². The molecule has 2 aliphatic rings. The van der Waals surface area contributed by atoms with Gasteiger partial charge < -0.3 is 16.0 Å². The second kappa shape index (κ2) is 8.68. The third-order valence-electron chi connectivity index (χ3n) is 5.70. The van der Waals surface area contributed by atoms with Gasteiger partial charge in [0.05, 0.1) is 4.90 Å². The van der Waals surface area contributed by atoms with E-state index in [4.69, 9.17) is 5.73 Å². The third kappa shape index (κ3) is 4.87. The maximum atomic E-state index is 12.9. The van der Waals surface area contributed by atoms with Crippen molar-refractivity contribution in [2.75, 3.05) is 38.0 Å². The van der Waals surface area contributed by atoms with Crippen LogP contribution in [0.5, 0.6) is 0 Å². The summed E-state index contributed by atoms with van der Waals surface area (Å²) in [5.74, 6) is 0.107. The van der Waals surface area contributed by atoms with Crippen LogP contribution in [-0.2, 0) is 14.8 Å². The molecule has 0 radical (unpaired) electrons. The van der Waals surface area contributed by atoms with Gasteiger partial charge in [0, 0.05) is 44.3 Å². The number of anilines is 1. The van der Waals surface area contributed by atoms with Crippen LogP contribution >= 0.6 is 0 Å². The number of nitrogens with two attached hydrogens (primary N) is 1. The van der Waals surface area contributed by atoms with Gasteiger partial charge >= 0.3 is 0 Å². The predicted molar refractivity (Wildman–Crippen MR) is 106 cm³/mol. The summed E-state index contributed by atoms with van der Waals surface area (Å²) >= 11 is 0. The topological polar surface area (TPSA) is 95.7 Å². The van der Waals surface area contributed by atoms with E-state index in [1.165, 1.54) is 4.31 Å². The summed E-state index contributed by atoms with van der Waals surface area (Å²) in [5.41, 5.74) is 6.55. The lowest BCUT2D eigenvalue weighted by Gasteiger charge is -2.33. The monoisotopic (exact) mass is 394 g/mol. The van der Waals surface area contributed by atoms with Crippen LogP contribution in [-0.4, -0.2) is 62.3 Å². The van der Waals surface area contributed by atoms with Crippen molar-refractivity contribution in [1.29, 1.82) is 0 Å². The fraction of sp³-hybridized carbons (Fsp3) is 0.632. The number of amides is 1. The lowest BCUT2D eigenvalue weighted by Crippen LogP contribution is -2.48. The van der Waals surface area contributed by atoms with Crippen molar-refractivity contribution in [1.82, 2.24) is 9.21 Å². The quantitative estimate of drug-likeness (QED) is 0.762. The Morgan fingerprint density at radius 2 is 1.96 bits per heavy atom. The van der Waals surface area contributed by atoms with Gasteiger partial charge in [-0.15, -0.1) is 0 Å². The molecule has 0 unspecified atom stereocenters. The molecule has 2 fully saturated rings. The number of nitrogens with one attached hydrogen (secondary N) is 1. The maximum Gasteiger partial charge on any atom is 0.243 e. The van der Waals surface area contributed by atoms with Gasteiger partial charge in [-0.2, -0.15) is 4.31 Å². The molecule has 27 heavy (non-hydrogen) atoms. The summed E-state index contributed by atoms with van der Waals surface area (Å²) in [6.45, 7) is 5.48. The fourth-order valence-electron chi connectivity index (χ4n) is 3.94. The predicted octanol–water partition coefficient (Wildman–Crippen LogP) is 1.47. The molecule has 3 rings (SSSR count). The van der Waals surface area contributed by atoms with Crippen molar-refractivity contribution < 1.29 is 13.2 Å². The minimum absolute atomic E-state index is 0.0873. The SMILES string of the molecule is CCN1CCN(S(=O)(=O)c2cccc(NC(=O)C[C@@H]3CCC[C@H]3N)c2)CC1. The van der Waals surface area contributed by atoms with E-state index >= 15 is 0 Å². The van der Waals surface area contributed by atoms with Gasteiger partial charge in [-0.3, -0.25) is 4.79 Å². The molecule has 1 aromatic carbocycles. The molecule has 3 N–H and O–H groups in total. The summed E-state index contributed by atoms with van der Waals surface area (Å²) in [6.07, 6.45) is 3.40. The van der Waals surface area contributed by atoms with Crippen molar-refractivity contribution in [3.63, 3.8) is 0 Å². The number of benzene rings is 1. The van der Waals surface area contributed by atoms with Gasteiger partial charge in [0.15, 0.2) is 0 Å². The molecular weight excluding hydrogens is 364 g/mol. The van der Waals surface area contributed by atoms with Crippen LogP contribution in [0, 0.1) is 5.92 Å². The van der Waals surface area contributed by atoms with Gasteiger partial charge in [-0.05, 0) is 43.5 Å². The molecule has 2 atom stereocenters. The number of rotatable bonds is 6. The van der Waals surface area contributed by atoms with E-state index < -0.39 is 10.0 Å². The lowest BCUT2D eigenvalue weighted by molar-refractivity contribution is -0.117. The molecule has 150 valence electrons. The van der Waals surface area contributed by atoms with Crippen molar-refractivity contribution in [3.8, 4) is 0 Å². The zero-order valence-electron chi connectivity index (χ0n) is 15.9. The highest BCUT2D eigenvalue weighted by atomic mass is 32.2. The van der Waals surface area contributed by atoms with E-state index in [1.54, 1.807) is 24.3 Å². The molecule has 7 nitrogen and oxygen atoms in total. The Hall–Kier alpha value is -1.48. The fourth-order valence-corrected chi connectivity index (χ4v) is 5.41. The molecule has 1 aromatic rings. The molecule has 1 aliphatic carbocycles. The minimum Gasteiger partial charge on any atom is -0.327 e. The molecule has 0 bridgehead atoms. The van der Waals surface area contributed by atoms with Crippen LogP contribution in [0.3, 0.4) is 0 Å². The summed E-state index contributed by atoms with van der Waals surface area (Å²) in [4.78, 5) is 14.8. The Bertz CT molecular complexity index is 760. The Labute approximate surface area is 161 Å². The van der Waals surface area contributed by atoms with Crippen LogP contribution in [0.1, 0.15) is 32.6 Å². The van der Waals surface area contributed by atoms with Crippen LogP contribution in [0.2, 0.25) is 0 Å². The van der Waals surface area contributed by atoms with Gasteiger partial charge in [-0.1, -0.05) is 19.4 Å². The first kappa shape index (κ1) is 20.3. The van der Waals surface area contributed by atoms with Gasteiger partial charge in [0.2, 0.25) is 15.9 Å². The number of piperazine rings is 1. The highest BCUT2D eigenvalue weighted by Gasteiger charge is 2.29. The van der Waals surface area contributed by atoms with E-state index in [9.17, 15) is 13.2 Å². The molecule has 1 saturated carbocycles. The summed E-state index contributed by atoms with van der Waals surface area (Å²) < 4.78 is 27.4. The van der Waals surface area contributed by atoms with Crippen LogP contribution in [0.15, 0.2) is 29.2 Å². The Kier molecular flexibility index (Phi) is 6.52. The number of hydrogen-bond donors (Lipinski definition) is 2. The zero-order valence-corrected chi connectivity index (χ0v) is 16.7. The van der Waals surface area contributed by atoms with Crippen molar-refractivity contribution in [2.24, 2.45) is 11.7 Å². The smallest absolute Gasteiger partial charge is 0.243 e. The summed E-state index contributed by atoms with van der Waals surface area (Å²) in [7, 11) is -3.55. The molecule has 1 aliphatic heterocycles. The summed E-state index contributed by atoms with van der Waals surface area (Å²) in [6, 6.07) is 6.62. The zero-order chi connectivity index (χ0) is 19.4. The van der Waals surface area contributed by atoms with Crippen molar-refractivity contribution in [3.05, 3.63) is 24.3 Å². The van der Waals surface area contributed by atoms with Crippen LogP contribution in [0.25, 0.3) is 0 Å². The molecular formula is C19H30N4O3S. The number of carbonyl (C=O) groups is 1. The lowest BCUT2D eigenvalue weighted by atomic mass is 10.00. The maximum absolute atomic E-state index is 12.9. The molecule has 1 saturated heterocycles. The molecule has 8 heteroatoms. The van der Waals surface area contributed by atoms with E-state index in [1.807, 2.05) is 0 Å². The Morgan fingerprint density at radius 3 is 2.59 bits per heavy atom. The largest absolute Gasteiger partial charge is 0.327 e. The van der Waals surface area contributed by atoms with E-state index in [-0.39, 0.29) is 22.8 Å². The van der Waals surface area contributed by atoms with Gasteiger partial charge in [0.25, 0.3) is 0 Å². The second-order valence-electron chi connectivity index (χ2n) is 7.47. The van der Waals surface area contributed by atoms with Crippen molar-refractivity contribution >= 4 is 21.6 Å². The first-order valence-electron chi connectivity index (χ1n) is 9.78. The van der Waals surface area contributed by atoms with Crippen LogP contribution in [0.4, 0.5) is 5.69 Å². The van der Waals surface area contributed by atoms with E-state index in [0.717, 1.165) is 38.9 Å². The standard InChI is InChI=1S/C19H30N4O3S/c1-2-22-9-11-23(12-10-22)27(25,26)17-7-4-6-16(14-17)21-19(24)13-15-5-3-8-18(15)20/h4,6-7,14-15,18H,2-3,5,8-13,20H2,1H3,(H,21,24)/t15-,18+/m0/s1. The van der Waals surface area contributed by atoms with Gasteiger partial charge in [0.1, 0.15) is 0 Å². The number of carbonyl (C=O) groups excluding carboxylic acids is 1. The normalized spacial score (nSPS) is 24.8. The molecule has 0 aromatic heterocycles. The minimum atomic E-state index is -3.55. The number of likely N-dealkylation sites (N-methyl/N-ethyl adjacent to an activating group) is 1. The average molecular weight is 395 g/mol. The Balaban J connectivity index is 1.65. The second-order valence-corrected chi connectivity index (χ2v) is 9.41.